The number of benzene rings is 15. The van der Waals surface area contributed by atoms with Crippen LogP contribution in [0.2, 0.25) is 0 Å². The van der Waals surface area contributed by atoms with E-state index in [0.717, 1.165) is 110 Å². The molecule has 17 aromatic rings. The molecule has 0 fully saturated rings. The van der Waals surface area contributed by atoms with Crippen LogP contribution in [-0.2, 0) is 21.7 Å². The molecule has 0 saturated heterocycles. The smallest absolute Gasteiger partial charge is 0.164 e. The first-order valence-corrected chi connectivity index (χ1v) is 37.0. The van der Waals surface area contributed by atoms with Gasteiger partial charge < -0.3 is 0 Å². The van der Waals surface area contributed by atoms with Crippen LogP contribution >= 0.6 is 0 Å². The maximum atomic E-state index is 5.28. The van der Waals surface area contributed by atoms with Crippen molar-refractivity contribution in [1.82, 2.24) is 29.9 Å². The van der Waals surface area contributed by atoms with E-state index in [-0.39, 0.29) is 21.7 Å². The summed E-state index contributed by atoms with van der Waals surface area (Å²) in [5, 5.41) is 14.0. The van der Waals surface area contributed by atoms with Crippen molar-refractivity contribution in [3.8, 4) is 113 Å². The van der Waals surface area contributed by atoms with Crippen molar-refractivity contribution in [3.63, 3.8) is 0 Å². The molecule has 6 heteroatoms. The first kappa shape index (κ1) is 67.1. The normalized spacial score (nSPS) is 12.3. The summed E-state index contributed by atoms with van der Waals surface area (Å²) < 4.78 is 0. The van der Waals surface area contributed by atoms with Gasteiger partial charge >= 0.3 is 0 Å². The highest BCUT2D eigenvalue weighted by Gasteiger charge is 2.26. The maximum Gasteiger partial charge on any atom is 0.164 e. The summed E-state index contributed by atoms with van der Waals surface area (Å²) in [6.07, 6.45) is 0. The van der Waals surface area contributed by atoms with Crippen LogP contribution in [0.15, 0.2) is 291 Å². The summed E-state index contributed by atoms with van der Waals surface area (Å²) in [6.45, 7) is 26.9. The van der Waals surface area contributed by atoms with Crippen molar-refractivity contribution < 1.29 is 0 Å². The number of rotatable bonds is 10. The lowest BCUT2D eigenvalue weighted by Gasteiger charge is -2.23. The van der Waals surface area contributed by atoms with Crippen molar-refractivity contribution in [2.75, 3.05) is 0 Å². The monoisotopic (exact) mass is 1370 g/mol. The summed E-state index contributed by atoms with van der Waals surface area (Å²) in [5.41, 5.74) is 19.6. The SMILES string of the molecule is CC(C)(C)c1ccc(-c2nc(-c3ccc(-c4cc5ccccc5cc4-c4c5cc6ccccc6cc5c(-c5cc6ccccc6cc5-c5ccc(-c6nc(-c7ccc(C(C)(C)C)cc7)nc(-c7ccc(C(C)(C)C)cc7)n6)cc5)c5cc6ccccc6cc45)cc3)nc(-c3ccc(C(C)(C)C)cc3)n2)cc1. The molecular weight excluding hydrogens is 1290 g/mol. The van der Waals surface area contributed by atoms with Crippen LogP contribution in [0, 0.1) is 0 Å². The van der Waals surface area contributed by atoms with E-state index in [4.69, 9.17) is 29.9 Å². The molecule has 0 aliphatic carbocycles. The Morgan fingerprint density at radius 3 is 0.519 bits per heavy atom. The Bertz CT molecular complexity index is 5650. The predicted molar refractivity (Wildman–Crippen MR) is 447 cm³/mol. The molecule has 0 bridgehead atoms. The van der Waals surface area contributed by atoms with Gasteiger partial charge in [-0.2, -0.15) is 0 Å². The predicted octanol–water partition coefficient (Wildman–Crippen LogP) is 26.8. The fraction of sp³-hybridized carbons (Fsp3) is 0.160. The molecule has 0 amide bonds. The van der Waals surface area contributed by atoms with Gasteiger partial charge in [-0.1, -0.05) is 326 Å². The Morgan fingerprint density at radius 2 is 0.330 bits per heavy atom. The minimum atomic E-state index is -0.00148. The van der Waals surface area contributed by atoms with Crippen LogP contribution in [0.25, 0.3) is 177 Å². The first-order chi connectivity index (χ1) is 51.0. The summed E-state index contributed by atoms with van der Waals surface area (Å²) in [6, 6.07) is 107. The molecule has 0 atom stereocenters. The lowest BCUT2D eigenvalue weighted by atomic mass is 9.80. The van der Waals surface area contributed by atoms with Crippen LogP contribution in [0.4, 0.5) is 0 Å². The number of fused-ring (bicyclic) bond motifs is 6. The molecule has 0 spiro atoms. The van der Waals surface area contributed by atoms with Gasteiger partial charge in [0.15, 0.2) is 34.9 Å². The van der Waals surface area contributed by atoms with Gasteiger partial charge in [0.1, 0.15) is 0 Å². The summed E-state index contributed by atoms with van der Waals surface area (Å²) in [7, 11) is 0. The van der Waals surface area contributed by atoms with E-state index in [0.29, 0.717) is 34.9 Å². The molecule has 514 valence electrons. The maximum absolute atomic E-state index is 5.28. The minimum Gasteiger partial charge on any atom is -0.208 e. The van der Waals surface area contributed by atoms with Crippen LogP contribution in [0.1, 0.15) is 105 Å². The van der Waals surface area contributed by atoms with E-state index in [9.17, 15) is 0 Å². The van der Waals surface area contributed by atoms with Gasteiger partial charge in [0.05, 0.1) is 0 Å². The summed E-state index contributed by atoms with van der Waals surface area (Å²) in [4.78, 5) is 31.5. The van der Waals surface area contributed by atoms with Gasteiger partial charge in [-0.05, 0) is 202 Å². The molecule has 0 aliphatic heterocycles. The molecule has 0 N–H and O–H groups in total. The van der Waals surface area contributed by atoms with Crippen LogP contribution < -0.4 is 0 Å². The average Bonchev–Trinajstić information content (AvgIpc) is 0.710. The molecule has 15 aromatic carbocycles. The molecule has 17 rings (SSSR count). The van der Waals surface area contributed by atoms with Gasteiger partial charge in [0.2, 0.25) is 0 Å². The lowest BCUT2D eigenvalue weighted by molar-refractivity contribution is 0.590. The Balaban J connectivity index is 0.851. The van der Waals surface area contributed by atoms with Crippen LogP contribution in [0.3, 0.4) is 0 Å². The highest BCUT2D eigenvalue weighted by Crippen LogP contribution is 2.52. The fourth-order valence-electron chi connectivity index (χ4n) is 15.2. The van der Waals surface area contributed by atoms with Crippen LogP contribution in [0.5, 0.6) is 0 Å². The number of nitrogens with zero attached hydrogens (tertiary/aromatic N) is 6. The second-order valence-electron chi connectivity index (χ2n) is 32.8. The van der Waals surface area contributed by atoms with E-state index in [2.05, 4.69) is 374 Å². The highest BCUT2D eigenvalue weighted by molar-refractivity contribution is 6.28. The zero-order valence-electron chi connectivity index (χ0n) is 62.4. The third-order valence-corrected chi connectivity index (χ3v) is 21.4. The molecular formula is C100H84N6. The Kier molecular flexibility index (Phi) is 16.4. The first-order valence-electron chi connectivity index (χ1n) is 37.0. The number of hydrogen-bond acceptors (Lipinski definition) is 6. The number of aromatic nitrogens is 6. The second-order valence-corrected chi connectivity index (χ2v) is 32.8. The Morgan fingerprint density at radius 1 is 0.170 bits per heavy atom. The number of hydrogen-bond donors (Lipinski definition) is 0. The van der Waals surface area contributed by atoms with Gasteiger partial charge in [-0.25, -0.2) is 29.9 Å². The third-order valence-electron chi connectivity index (χ3n) is 21.4. The van der Waals surface area contributed by atoms with Crippen molar-refractivity contribution in [1.29, 1.82) is 0 Å². The fourth-order valence-corrected chi connectivity index (χ4v) is 15.2. The van der Waals surface area contributed by atoms with E-state index in [1.165, 1.54) is 54.9 Å². The standard InChI is InChI=1S/C100H84N6/c1-97(2,3)77-45-37-65(38-46-77)93-101-91(102-94(105-93)66-39-47-78(48-40-66)98(4,5)6)63-33-29-61(30-34-63)81-53-69-21-13-15-23-71(69)55-83(81)89-85-57-73-25-17-19-27-75(73)59-87(85)90(88-60-76-28-20-18-26-74(76)58-86(88)89)84-56-72-24-16-14-22-70(72)54-82(84)62-31-35-64(36-32-62)92-103-95(67-41-49-79(50-42-67)99(7,8)9)106-96(104-92)68-43-51-80(52-44-68)100(10,11)12/h13-60H,1-12H3. The van der Waals surface area contributed by atoms with Crippen LogP contribution in [-0.4, -0.2) is 29.9 Å². The Hall–Kier alpha value is -12.1. The molecule has 106 heavy (non-hydrogen) atoms. The van der Waals surface area contributed by atoms with Crippen molar-refractivity contribution in [2.45, 2.75) is 105 Å². The van der Waals surface area contributed by atoms with Gasteiger partial charge in [-0.3, -0.25) is 0 Å². The lowest BCUT2D eigenvalue weighted by Crippen LogP contribution is -2.11. The van der Waals surface area contributed by atoms with E-state index in [1.807, 2.05) is 0 Å². The zero-order valence-corrected chi connectivity index (χ0v) is 62.4. The van der Waals surface area contributed by atoms with Gasteiger partial charge in [0, 0.05) is 33.4 Å². The quantitative estimate of drug-likeness (QED) is 0.127. The van der Waals surface area contributed by atoms with Gasteiger partial charge in [0.25, 0.3) is 0 Å². The van der Waals surface area contributed by atoms with Gasteiger partial charge in [-0.15, -0.1) is 0 Å². The van der Waals surface area contributed by atoms with Crippen molar-refractivity contribution in [2.24, 2.45) is 0 Å². The Labute approximate surface area is 621 Å². The molecule has 0 aliphatic rings. The van der Waals surface area contributed by atoms with E-state index < -0.39 is 0 Å². The van der Waals surface area contributed by atoms with Crippen molar-refractivity contribution in [3.05, 3.63) is 313 Å². The molecule has 0 saturated carbocycles. The summed E-state index contributed by atoms with van der Waals surface area (Å²) >= 11 is 0. The molecule has 2 heterocycles. The second kappa shape index (κ2) is 25.9. The average molecular weight is 1370 g/mol. The molecule has 0 unspecified atom stereocenters. The summed E-state index contributed by atoms with van der Waals surface area (Å²) in [5.74, 6) is 3.76. The molecule has 2 aromatic heterocycles. The largest absolute Gasteiger partial charge is 0.208 e. The molecule has 6 nitrogen and oxygen atoms in total. The third kappa shape index (κ3) is 12.8. The van der Waals surface area contributed by atoms with Crippen molar-refractivity contribution >= 4 is 64.6 Å². The highest BCUT2D eigenvalue weighted by atomic mass is 15.0. The van der Waals surface area contributed by atoms with E-state index in [1.54, 1.807) is 0 Å². The minimum absolute atomic E-state index is 0.00148. The van der Waals surface area contributed by atoms with E-state index >= 15 is 0 Å². The molecule has 0 radical (unpaired) electrons. The topological polar surface area (TPSA) is 77.3 Å². The zero-order chi connectivity index (χ0) is 73.0.